The van der Waals surface area contributed by atoms with Gasteiger partial charge in [-0.2, -0.15) is 0 Å². The summed E-state index contributed by atoms with van der Waals surface area (Å²) in [6.45, 7) is 10.8. The fourth-order valence-corrected chi connectivity index (χ4v) is 3.00. The minimum absolute atomic E-state index is 0.0975. The van der Waals surface area contributed by atoms with E-state index in [0.29, 0.717) is 6.10 Å². The summed E-state index contributed by atoms with van der Waals surface area (Å²) < 4.78 is 5.71. The van der Waals surface area contributed by atoms with Crippen LogP contribution in [0.2, 0.25) is 0 Å². The molecule has 2 unspecified atom stereocenters. The van der Waals surface area contributed by atoms with Gasteiger partial charge in [0.2, 0.25) is 0 Å². The van der Waals surface area contributed by atoms with Crippen LogP contribution in [0.3, 0.4) is 0 Å². The molecule has 3 heteroatoms. The number of likely N-dealkylation sites (N-methyl/N-ethyl adjacent to an activating group) is 1. The molecule has 1 fully saturated rings. The number of Topliss-reactive ketones (excluding diaryl/α,β-unsaturated/α-hetero) is 1. The monoisotopic (exact) mass is 289 g/mol. The minimum Gasteiger partial charge on any atom is -0.377 e. The number of hydrogen-bond donors (Lipinski definition) is 0. The van der Waals surface area contributed by atoms with Gasteiger partial charge in [-0.15, -0.1) is 0 Å². The maximum absolute atomic E-state index is 12.8. The molecule has 0 saturated carbocycles. The van der Waals surface area contributed by atoms with Gasteiger partial charge in [0.25, 0.3) is 0 Å². The van der Waals surface area contributed by atoms with Crippen LogP contribution in [0.25, 0.3) is 0 Å². The summed E-state index contributed by atoms with van der Waals surface area (Å²) in [5.74, 6) is 0.219. The van der Waals surface area contributed by atoms with Crippen LogP contribution in [-0.2, 0) is 4.74 Å². The number of ether oxygens (including phenoxy) is 1. The van der Waals surface area contributed by atoms with E-state index in [1.54, 1.807) is 0 Å². The van der Waals surface area contributed by atoms with Gasteiger partial charge in [-0.25, -0.2) is 0 Å². The lowest BCUT2D eigenvalue weighted by Crippen LogP contribution is -2.43. The van der Waals surface area contributed by atoms with Gasteiger partial charge in [0.15, 0.2) is 5.78 Å². The largest absolute Gasteiger partial charge is 0.377 e. The Hall–Kier alpha value is -1.19. The van der Waals surface area contributed by atoms with Crippen molar-refractivity contribution in [1.29, 1.82) is 0 Å². The fraction of sp³-hybridized carbons (Fsp3) is 0.611. The Morgan fingerprint density at radius 1 is 1.43 bits per heavy atom. The topological polar surface area (TPSA) is 29.5 Å². The van der Waals surface area contributed by atoms with Gasteiger partial charge in [-0.1, -0.05) is 24.6 Å². The standard InChI is InChI=1S/C18H27NO2/c1-5-19(12-16-7-6-10-21-16)15(4)18(20)17-11-13(2)8-9-14(17)3/h8-9,11,15-16H,5-7,10,12H2,1-4H3. The maximum atomic E-state index is 12.8. The molecular weight excluding hydrogens is 262 g/mol. The quantitative estimate of drug-likeness (QED) is 0.752. The Labute approximate surface area is 128 Å². The Morgan fingerprint density at radius 2 is 2.19 bits per heavy atom. The van der Waals surface area contributed by atoms with E-state index in [9.17, 15) is 4.79 Å². The first kappa shape index (κ1) is 16.2. The number of carbonyl (C=O) groups excluding carboxylic acids is 1. The number of hydrogen-bond acceptors (Lipinski definition) is 3. The van der Waals surface area contributed by atoms with Crippen LogP contribution in [0.15, 0.2) is 18.2 Å². The molecule has 0 bridgehead atoms. The molecule has 0 aromatic heterocycles. The van der Waals surface area contributed by atoms with Crippen LogP contribution >= 0.6 is 0 Å². The first-order chi connectivity index (χ1) is 10.0. The van der Waals surface area contributed by atoms with Crippen molar-refractivity contribution in [3.8, 4) is 0 Å². The van der Waals surface area contributed by atoms with Crippen molar-refractivity contribution < 1.29 is 9.53 Å². The van der Waals surface area contributed by atoms with Gasteiger partial charge in [0.1, 0.15) is 0 Å². The SMILES string of the molecule is CCN(CC1CCCO1)C(C)C(=O)c1cc(C)ccc1C. The summed E-state index contributed by atoms with van der Waals surface area (Å²) in [5, 5.41) is 0. The third kappa shape index (κ3) is 3.92. The molecule has 1 aromatic rings. The first-order valence-corrected chi connectivity index (χ1v) is 8.00. The van der Waals surface area contributed by atoms with Gasteiger partial charge in [-0.3, -0.25) is 9.69 Å². The average molecular weight is 289 g/mol. The molecule has 0 aliphatic carbocycles. The number of nitrogens with zero attached hydrogens (tertiary/aromatic N) is 1. The lowest BCUT2D eigenvalue weighted by Gasteiger charge is -2.29. The molecule has 1 aliphatic heterocycles. The maximum Gasteiger partial charge on any atom is 0.179 e. The molecule has 1 heterocycles. The van der Waals surface area contributed by atoms with Crippen LogP contribution in [0.4, 0.5) is 0 Å². The van der Waals surface area contributed by atoms with E-state index in [1.807, 2.05) is 32.9 Å². The van der Waals surface area contributed by atoms with Crippen LogP contribution in [0.1, 0.15) is 48.2 Å². The van der Waals surface area contributed by atoms with Crippen molar-refractivity contribution in [2.75, 3.05) is 19.7 Å². The second kappa shape index (κ2) is 7.19. The minimum atomic E-state index is -0.0975. The van der Waals surface area contributed by atoms with E-state index in [2.05, 4.69) is 17.9 Å². The highest BCUT2D eigenvalue weighted by molar-refractivity contribution is 6.01. The summed E-state index contributed by atoms with van der Waals surface area (Å²) in [7, 11) is 0. The molecule has 116 valence electrons. The van der Waals surface area contributed by atoms with E-state index in [0.717, 1.165) is 49.2 Å². The third-order valence-corrected chi connectivity index (χ3v) is 4.45. The van der Waals surface area contributed by atoms with Gasteiger partial charge < -0.3 is 4.74 Å². The van der Waals surface area contributed by atoms with Gasteiger partial charge in [0.05, 0.1) is 12.1 Å². The number of carbonyl (C=O) groups is 1. The first-order valence-electron chi connectivity index (χ1n) is 8.00. The molecule has 21 heavy (non-hydrogen) atoms. The third-order valence-electron chi connectivity index (χ3n) is 4.45. The van der Waals surface area contributed by atoms with Gasteiger partial charge >= 0.3 is 0 Å². The zero-order chi connectivity index (χ0) is 15.4. The molecular formula is C18H27NO2. The molecule has 2 atom stereocenters. The van der Waals surface area contributed by atoms with E-state index in [-0.39, 0.29) is 11.8 Å². The predicted octanol–water partition coefficient (Wildman–Crippen LogP) is 3.38. The summed E-state index contributed by atoms with van der Waals surface area (Å²) >= 11 is 0. The lowest BCUT2D eigenvalue weighted by atomic mass is 9.97. The molecule has 1 aliphatic rings. The molecule has 1 saturated heterocycles. The zero-order valence-corrected chi connectivity index (χ0v) is 13.7. The highest BCUT2D eigenvalue weighted by Crippen LogP contribution is 2.18. The summed E-state index contributed by atoms with van der Waals surface area (Å²) in [6, 6.07) is 6.00. The molecule has 0 N–H and O–H groups in total. The van der Waals surface area contributed by atoms with E-state index in [1.165, 1.54) is 0 Å². The molecule has 1 aromatic carbocycles. The van der Waals surface area contributed by atoms with Crippen molar-refractivity contribution in [3.63, 3.8) is 0 Å². The number of aryl methyl sites for hydroxylation is 2. The molecule has 3 nitrogen and oxygen atoms in total. The smallest absolute Gasteiger partial charge is 0.179 e. The molecule has 2 rings (SSSR count). The second-order valence-corrected chi connectivity index (χ2v) is 6.08. The van der Waals surface area contributed by atoms with Crippen molar-refractivity contribution in [1.82, 2.24) is 4.90 Å². The van der Waals surface area contributed by atoms with Crippen molar-refractivity contribution in [3.05, 3.63) is 34.9 Å². The van der Waals surface area contributed by atoms with Crippen LogP contribution in [0.5, 0.6) is 0 Å². The number of rotatable bonds is 6. The average Bonchev–Trinajstić information content (AvgIpc) is 2.99. The second-order valence-electron chi connectivity index (χ2n) is 6.08. The Balaban J connectivity index is 2.10. The normalized spacial score (nSPS) is 20.0. The van der Waals surface area contributed by atoms with Crippen molar-refractivity contribution in [2.24, 2.45) is 0 Å². The summed E-state index contributed by atoms with van der Waals surface area (Å²) in [6.07, 6.45) is 2.54. The van der Waals surface area contributed by atoms with E-state index in [4.69, 9.17) is 4.74 Å². The van der Waals surface area contributed by atoms with Crippen molar-refractivity contribution in [2.45, 2.75) is 52.7 Å². The fourth-order valence-electron chi connectivity index (χ4n) is 3.00. The van der Waals surface area contributed by atoms with Crippen LogP contribution in [-0.4, -0.2) is 42.5 Å². The molecule has 0 spiro atoms. The van der Waals surface area contributed by atoms with Crippen LogP contribution < -0.4 is 0 Å². The lowest BCUT2D eigenvalue weighted by molar-refractivity contribution is 0.0551. The van der Waals surface area contributed by atoms with Gasteiger partial charge in [0, 0.05) is 18.7 Å². The summed E-state index contributed by atoms with van der Waals surface area (Å²) in [5.41, 5.74) is 3.05. The van der Waals surface area contributed by atoms with Crippen molar-refractivity contribution >= 4 is 5.78 Å². The highest BCUT2D eigenvalue weighted by atomic mass is 16.5. The Kier molecular flexibility index (Phi) is 5.54. The summed E-state index contributed by atoms with van der Waals surface area (Å²) in [4.78, 5) is 15.0. The molecule has 0 amide bonds. The number of ketones is 1. The predicted molar refractivity (Wildman–Crippen MR) is 85.9 cm³/mol. The van der Waals surface area contributed by atoms with Gasteiger partial charge in [-0.05, 0) is 51.8 Å². The highest BCUT2D eigenvalue weighted by Gasteiger charge is 2.26. The Bertz CT molecular complexity index is 492. The van der Waals surface area contributed by atoms with E-state index < -0.39 is 0 Å². The molecule has 0 radical (unpaired) electrons. The van der Waals surface area contributed by atoms with E-state index >= 15 is 0 Å². The number of benzene rings is 1. The zero-order valence-electron chi connectivity index (χ0n) is 13.7. The van der Waals surface area contributed by atoms with Crippen LogP contribution in [0, 0.1) is 13.8 Å². The Morgan fingerprint density at radius 3 is 2.81 bits per heavy atom.